The predicted molar refractivity (Wildman–Crippen MR) is 114 cm³/mol. The van der Waals surface area contributed by atoms with Crippen LogP contribution in [-0.2, 0) is 15.4 Å². The van der Waals surface area contributed by atoms with Gasteiger partial charge in [0.2, 0.25) is 0 Å². The molecule has 0 fully saturated rings. The lowest BCUT2D eigenvalue weighted by Gasteiger charge is -2.10. The Bertz CT molecular complexity index is 836. The summed E-state index contributed by atoms with van der Waals surface area (Å²) >= 11 is 6.62. The molecule has 0 heterocycles. The minimum absolute atomic E-state index is 0.240. The number of alkyl halides is 2. The van der Waals surface area contributed by atoms with E-state index < -0.39 is 5.97 Å². The molecule has 0 bridgehead atoms. The van der Waals surface area contributed by atoms with E-state index in [-0.39, 0.29) is 11.5 Å². The highest BCUT2D eigenvalue weighted by Gasteiger charge is 2.16. The number of ether oxygens (including phenoxy) is 3. The number of carbonyl (C=O) groups is 2. The van der Waals surface area contributed by atoms with Crippen molar-refractivity contribution in [3.63, 3.8) is 0 Å². The lowest BCUT2D eigenvalue weighted by Crippen LogP contribution is -2.05. The van der Waals surface area contributed by atoms with E-state index in [0.717, 1.165) is 16.7 Å². The van der Waals surface area contributed by atoms with Gasteiger partial charge < -0.3 is 19.3 Å². The Morgan fingerprint density at radius 2 is 1.57 bits per heavy atom. The number of carboxylic acid groups (broad SMARTS) is 1. The molecule has 28 heavy (non-hydrogen) atoms. The zero-order valence-corrected chi connectivity index (χ0v) is 19.2. The highest BCUT2D eigenvalue weighted by molar-refractivity contribution is 9.08. The molecule has 0 unspecified atom stereocenters. The minimum Gasteiger partial charge on any atom is -0.496 e. The quantitative estimate of drug-likeness (QED) is 0.430. The Kier molecular flexibility index (Phi) is 10.0. The van der Waals surface area contributed by atoms with E-state index in [1.165, 1.54) is 21.3 Å². The molecule has 1 N–H and O–H groups in total. The summed E-state index contributed by atoms with van der Waals surface area (Å²) in [6.45, 7) is 1.78. The molecule has 0 aliphatic heterocycles. The van der Waals surface area contributed by atoms with Crippen LogP contribution >= 0.6 is 31.9 Å². The van der Waals surface area contributed by atoms with E-state index in [2.05, 4.69) is 36.6 Å². The molecule has 2 aromatic carbocycles. The lowest BCUT2D eigenvalue weighted by molar-refractivity contribution is 0.0596. The van der Waals surface area contributed by atoms with E-state index in [9.17, 15) is 9.59 Å². The summed E-state index contributed by atoms with van der Waals surface area (Å²) in [6.07, 6.45) is 0. The molecule has 0 atom stereocenters. The van der Waals surface area contributed by atoms with Crippen LogP contribution in [-0.4, -0.2) is 38.4 Å². The summed E-state index contributed by atoms with van der Waals surface area (Å²) in [5.41, 5.74) is 3.40. The van der Waals surface area contributed by atoms with Crippen molar-refractivity contribution in [2.75, 3.05) is 21.3 Å². The van der Waals surface area contributed by atoms with Gasteiger partial charge in [-0.05, 0) is 41.8 Å². The fourth-order valence-electron chi connectivity index (χ4n) is 2.42. The monoisotopic (exact) mass is 516 g/mol. The van der Waals surface area contributed by atoms with Crippen LogP contribution in [0.5, 0.6) is 11.5 Å². The summed E-state index contributed by atoms with van der Waals surface area (Å²) < 4.78 is 14.7. The standard InChI is InChI=1S/2C10H11BrO3/c1-13-9-4-3-7(6-11)5-8(9)10(12)14-2;1-6-7(5-11)3-4-8(14-2)9(6)10(12)13/h3-5H,6H2,1-2H3;3-4H,5H2,1-2H3,(H,12,13). The molecule has 0 aliphatic rings. The maximum absolute atomic E-state index is 11.3. The van der Waals surface area contributed by atoms with E-state index in [1.54, 1.807) is 25.1 Å². The van der Waals surface area contributed by atoms with E-state index in [4.69, 9.17) is 14.6 Å². The molecule has 2 aromatic rings. The number of esters is 1. The molecular weight excluding hydrogens is 496 g/mol. The Morgan fingerprint density at radius 1 is 0.964 bits per heavy atom. The summed E-state index contributed by atoms with van der Waals surface area (Å²) in [6, 6.07) is 8.92. The van der Waals surface area contributed by atoms with Gasteiger partial charge in [-0.25, -0.2) is 9.59 Å². The SMILES string of the molecule is COC(=O)c1cc(CBr)ccc1OC.COc1ccc(CBr)c(C)c1C(=O)O. The normalized spacial score (nSPS) is 9.79. The van der Waals surface area contributed by atoms with E-state index in [1.807, 2.05) is 12.1 Å². The second-order valence-corrected chi connectivity index (χ2v) is 6.65. The zero-order valence-electron chi connectivity index (χ0n) is 16.0. The molecule has 0 saturated carbocycles. The van der Waals surface area contributed by atoms with E-state index in [0.29, 0.717) is 27.7 Å². The van der Waals surface area contributed by atoms with Crippen LogP contribution in [0.25, 0.3) is 0 Å². The first-order chi connectivity index (χ1) is 13.3. The average molecular weight is 518 g/mol. The number of hydrogen-bond acceptors (Lipinski definition) is 5. The van der Waals surface area contributed by atoms with Gasteiger partial charge in [-0.2, -0.15) is 0 Å². The molecule has 152 valence electrons. The lowest BCUT2D eigenvalue weighted by atomic mass is 10.0. The largest absolute Gasteiger partial charge is 0.496 e. The fraction of sp³-hybridized carbons (Fsp3) is 0.300. The summed E-state index contributed by atoms with van der Waals surface area (Å²) in [7, 11) is 4.34. The average Bonchev–Trinajstić information content (AvgIpc) is 2.72. The first kappa shape index (κ1) is 24.0. The van der Waals surface area contributed by atoms with Gasteiger partial charge in [-0.15, -0.1) is 0 Å². The van der Waals surface area contributed by atoms with Crippen molar-refractivity contribution in [2.45, 2.75) is 17.6 Å². The summed E-state index contributed by atoms with van der Waals surface area (Å²) in [4.78, 5) is 22.3. The van der Waals surface area contributed by atoms with Crippen molar-refractivity contribution < 1.29 is 28.9 Å². The van der Waals surface area contributed by atoms with Crippen molar-refractivity contribution in [3.8, 4) is 11.5 Å². The fourth-order valence-corrected chi connectivity index (χ4v) is 3.37. The summed E-state index contributed by atoms with van der Waals surface area (Å²) in [5, 5.41) is 10.3. The predicted octanol–water partition coefficient (Wildman–Crippen LogP) is 4.97. The van der Waals surface area contributed by atoms with Gasteiger partial charge >= 0.3 is 11.9 Å². The highest BCUT2D eigenvalue weighted by atomic mass is 79.9. The zero-order chi connectivity index (χ0) is 21.3. The smallest absolute Gasteiger partial charge is 0.341 e. The van der Waals surface area contributed by atoms with Crippen molar-refractivity contribution in [2.24, 2.45) is 0 Å². The van der Waals surface area contributed by atoms with Crippen LogP contribution < -0.4 is 9.47 Å². The number of rotatable bonds is 6. The number of methoxy groups -OCH3 is 3. The van der Waals surface area contributed by atoms with Crippen LogP contribution in [0, 0.1) is 6.92 Å². The first-order valence-corrected chi connectivity index (χ1v) is 10.4. The number of benzene rings is 2. The Morgan fingerprint density at radius 3 is 2.04 bits per heavy atom. The van der Waals surface area contributed by atoms with Crippen LogP contribution in [0.1, 0.15) is 37.4 Å². The van der Waals surface area contributed by atoms with Crippen LogP contribution in [0.3, 0.4) is 0 Å². The third kappa shape index (κ3) is 5.97. The number of halogens is 2. The van der Waals surface area contributed by atoms with Gasteiger partial charge in [0.05, 0.1) is 21.3 Å². The molecule has 0 aliphatic carbocycles. The molecule has 0 aromatic heterocycles. The topological polar surface area (TPSA) is 82.1 Å². The number of carbonyl (C=O) groups excluding carboxylic acids is 1. The van der Waals surface area contributed by atoms with Gasteiger partial charge in [0.1, 0.15) is 22.6 Å². The molecule has 0 spiro atoms. The van der Waals surface area contributed by atoms with Crippen molar-refractivity contribution in [1.82, 2.24) is 0 Å². The number of hydrogen-bond donors (Lipinski definition) is 1. The van der Waals surface area contributed by atoms with Crippen LogP contribution in [0.2, 0.25) is 0 Å². The minimum atomic E-state index is -0.956. The second kappa shape index (κ2) is 11.7. The Balaban J connectivity index is 0.000000280. The second-order valence-electron chi connectivity index (χ2n) is 5.53. The molecule has 6 nitrogen and oxygen atoms in total. The van der Waals surface area contributed by atoms with E-state index >= 15 is 0 Å². The van der Waals surface area contributed by atoms with Gasteiger partial charge in [0.15, 0.2) is 0 Å². The maximum Gasteiger partial charge on any atom is 0.341 e. The van der Waals surface area contributed by atoms with Crippen molar-refractivity contribution in [1.29, 1.82) is 0 Å². The molecule has 0 amide bonds. The Hall–Kier alpha value is -2.06. The molecular formula is C20H22Br2O6. The molecule has 0 saturated heterocycles. The number of carboxylic acids is 1. The van der Waals surface area contributed by atoms with Gasteiger partial charge in [0.25, 0.3) is 0 Å². The molecule has 8 heteroatoms. The third-order valence-electron chi connectivity index (χ3n) is 3.94. The van der Waals surface area contributed by atoms with Gasteiger partial charge in [-0.3, -0.25) is 0 Å². The summed E-state index contributed by atoms with van der Waals surface area (Å²) in [5.74, 6) is -0.409. The highest BCUT2D eigenvalue weighted by Crippen LogP contribution is 2.26. The van der Waals surface area contributed by atoms with Gasteiger partial charge in [-0.1, -0.05) is 44.0 Å². The molecule has 2 rings (SSSR count). The maximum atomic E-state index is 11.3. The van der Waals surface area contributed by atoms with Gasteiger partial charge in [0, 0.05) is 10.7 Å². The third-order valence-corrected chi connectivity index (χ3v) is 5.19. The molecule has 0 radical (unpaired) electrons. The van der Waals surface area contributed by atoms with Crippen molar-refractivity contribution >= 4 is 43.8 Å². The van der Waals surface area contributed by atoms with Crippen LogP contribution in [0.15, 0.2) is 30.3 Å². The first-order valence-electron chi connectivity index (χ1n) is 8.11. The Labute approximate surface area is 181 Å². The number of aromatic carboxylic acids is 1. The van der Waals surface area contributed by atoms with Crippen LogP contribution in [0.4, 0.5) is 0 Å². The van der Waals surface area contributed by atoms with Crippen molar-refractivity contribution in [3.05, 3.63) is 58.1 Å².